The molecule has 1 atom stereocenters. The van der Waals surface area contributed by atoms with Crippen molar-refractivity contribution in [2.24, 2.45) is 0 Å². The molecular formula is C9H19NO3. The average molecular weight is 189 g/mol. The highest BCUT2D eigenvalue weighted by Crippen LogP contribution is 2.08. The third-order valence-corrected chi connectivity index (χ3v) is 2.28. The number of rotatable bonds is 7. The van der Waals surface area contributed by atoms with Gasteiger partial charge in [0.2, 0.25) is 0 Å². The van der Waals surface area contributed by atoms with Crippen LogP contribution in [0.3, 0.4) is 0 Å². The molecule has 0 aliphatic rings. The number of aliphatic hydroxyl groups excluding tert-OH is 1. The number of nitrogens with one attached hydrogen (secondary N) is 1. The predicted octanol–water partition coefficient (Wildman–Crippen LogP) is 0.602. The molecule has 0 aromatic heterocycles. The third kappa shape index (κ3) is 4.24. The van der Waals surface area contributed by atoms with Crippen LogP contribution in [0.25, 0.3) is 0 Å². The molecule has 1 unspecified atom stereocenters. The molecule has 78 valence electrons. The van der Waals surface area contributed by atoms with Gasteiger partial charge in [0.15, 0.2) is 0 Å². The number of carboxylic acids is 1. The number of carbonyl (C=O) groups is 1. The van der Waals surface area contributed by atoms with Crippen molar-refractivity contribution >= 4 is 5.97 Å². The Bertz CT molecular complexity index is 161. The van der Waals surface area contributed by atoms with Crippen LogP contribution in [0.2, 0.25) is 0 Å². The second-order valence-electron chi connectivity index (χ2n) is 3.35. The molecule has 13 heavy (non-hydrogen) atoms. The molecule has 0 spiro atoms. The maximum absolute atomic E-state index is 10.8. The van der Waals surface area contributed by atoms with Gasteiger partial charge in [0.05, 0.1) is 0 Å². The molecule has 0 aromatic carbocycles. The molecule has 0 saturated heterocycles. The van der Waals surface area contributed by atoms with Gasteiger partial charge in [0.1, 0.15) is 5.54 Å². The van der Waals surface area contributed by atoms with E-state index in [4.69, 9.17) is 10.2 Å². The van der Waals surface area contributed by atoms with E-state index in [1.54, 1.807) is 6.92 Å². The molecule has 0 fully saturated rings. The van der Waals surface area contributed by atoms with E-state index < -0.39 is 11.5 Å². The van der Waals surface area contributed by atoms with Crippen LogP contribution in [0.4, 0.5) is 0 Å². The van der Waals surface area contributed by atoms with Crippen LogP contribution >= 0.6 is 0 Å². The van der Waals surface area contributed by atoms with Crippen LogP contribution < -0.4 is 5.32 Å². The van der Waals surface area contributed by atoms with Crippen LogP contribution in [0.1, 0.15) is 33.1 Å². The number of aliphatic carboxylic acids is 1. The van der Waals surface area contributed by atoms with Gasteiger partial charge >= 0.3 is 5.97 Å². The monoisotopic (exact) mass is 189 g/mol. The first-order valence-electron chi connectivity index (χ1n) is 4.66. The number of aliphatic hydroxyl groups is 1. The van der Waals surface area contributed by atoms with E-state index in [-0.39, 0.29) is 6.61 Å². The Kier molecular flexibility index (Phi) is 5.66. The second kappa shape index (κ2) is 5.94. The Hall–Kier alpha value is -0.610. The first kappa shape index (κ1) is 12.4. The molecular weight excluding hydrogens is 170 g/mol. The van der Waals surface area contributed by atoms with Gasteiger partial charge < -0.3 is 15.5 Å². The van der Waals surface area contributed by atoms with E-state index in [9.17, 15) is 4.79 Å². The first-order valence-corrected chi connectivity index (χ1v) is 4.66. The van der Waals surface area contributed by atoms with Crippen molar-refractivity contribution in [3.8, 4) is 0 Å². The molecule has 4 nitrogen and oxygen atoms in total. The zero-order valence-electron chi connectivity index (χ0n) is 8.34. The van der Waals surface area contributed by atoms with Crippen LogP contribution in [0, 0.1) is 0 Å². The lowest BCUT2D eigenvalue weighted by atomic mass is 9.99. The van der Waals surface area contributed by atoms with Gasteiger partial charge in [-0.2, -0.15) is 0 Å². The standard InChI is InChI=1S/C9H19NO3/c1-3-9(2,8(12)13)10-6-4-5-7-11/h10-11H,3-7H2,1-2H3,(H,12,13). The van der Waals surface area contributed by atoms with Gasteiger partial charge in [-0.25, -0.2) is 0 Å². The molecule has 0 rings (SSSR count). The fourth-order valence-corrected chi connectivity index (χ4v) is 0.953. The average Bonchev–Trinajstić information content (AvgIpc) is 2.12. The van der Waals surface area contributed by atoms with Crippen molar-refractivity contribution in [1.82, 2.24) is 5.32 Å². The second-order valence-corrected chi connectivity index (χ2v) is 3.35. The normalized spacial score (nSPS) is 15.3. The Morgan fingerprint density at radius 1 is 1.46 bits per heavy atom. The van der Waals surface area contributed by atoms with Gasteiger partial charge in [-0.3, -0.25) is 4.79 Å². The van der Waals surface area contributed by atoms with Crippen molar-refractivity contribution < 1.29 is 15.0 Å². The molecule has 0 bridgehead atoms. The summed E-state index contributed by atoms with van der Waals surface area (Å²) < 4.78 is 0. The van der Waals surface area contributed by atoms with Crippen LogP contribution in [0.5, 0.6) is 0 Å². The zero-order valence-corrected chi connectivity index (χ0v) is 8.34. The topological polar surface area (TPSA) is 69.6 Å². The van der Waals surface area contributed by atoms with Gasteiger partial charge in [0, 0.05) is 6.61 Å². The summed E-state index contributed by atoms with van der Waals surface area (Å²) in [6.45, 7) is 4.32. The minimum Gasteiger partial charge on any atom is -0.480 e. The van der Waals surface area contributed by atoms with Crippen LogP contribution in [-0.4, -0.2) is 34.9 Å². The van der Waals surface area contributed by atoms with Crippen molar-refractivity contribution in [2.45, 2.75) is 38.6 Å². The lowest BCUT2D eigenvalue weighted by Gasteiger charge is -2.24. The van der Waals surface area contributed by atoms with E-state index in [1.165, 1.54) is 0 Å². The summed E-state index contributed by atoms with van der Waals surface area (Å²) in [6, 6.07) is 0. The number of carboxylic acid groups (broad SMARTS) is 1. The fraction of sp³-hybridized carbons (Fsp3) is 0.889. The molecule has 0 saturated carbocycles. The summed E-state index contributed by atoms with van der Waals surface area (Å²) in [5, 5.41) is 20.4. The Morgan fingerprint density at radius 2 is 2.08 bits per heavy atom. The molecule has 0 amide bonds. The summed E-state index contributed by atoms with van der Waals surface area (Å²) in [5.41, 5.74) is -0.824. The number of hydrogen-bond acceptors (Lipinski definition) is 3. The lowest BCUT2D eigenvalue weighted by Crippen LogP contribution is -2.49. The molecule has 0 aliphatic carbocycles. The van der Waals surface area contributed by atoms with E-state index in [1.807, 2.05) is 6.92 Å². The maximum Gasteiger partial charge on any atom is 0.323 e. The zero-order chi connectivity index (χ0) is 10.3. The number of unbranched alkanes of at least 4 members (excludes halogenated alkanes) is 1. The van der Waals surface area contributed by atoms with Gasteiger partial charge in [-0.1, -0.05) is 6.92 Å². The van der Waals surface area contributed by atoms with Crippen LogP contribution in [0.15, 0.2) is 0 Å². The molecule has 0 radical (unpaired) electrons. The molecule has 3 N–H and O–H groups in total. The SMILES string of the molecule is CCC(C)(NCCCCO)C(=O)O. The minimum atomic E-state index is -0.824. The van der Waals surface area contributed by atoms with Gasteiger partial charge in [0.25, 0.3) is 0 Å². The molecule has 0 aromatic rings. The Morgan fingerprint density at radius 3 is 2.46 bits per heavy atom. The maximum atomic E-state index is 10.8. The van der Waals surface area contributed by atoms with Crippen LogP contribution in [-0.2, 0) is 4.79 Å². The van der Waals surface area contributed by atoms with E-state index in [0.717, 1.165) is 6.42 Å². The highest BCUT2D eigenvalue weighted by molar-refractivity contribution is 5.78. The fourth-order valence-electron chi connectivity index (χ4n) is 0.953. The highest BCUT2D eigenvalue weighted by Gasteiger charge is 2.29. The summed E-state index contributed by atoms with van der Waals surface area (Å²) in [6.07, 6.45) is 2.08. The Balaban J connectivity index is 3.78. The smallest absolute Gasteiger partial charge is 0.323 e. The Labute approximate surface area is 79.0 Å². The highest BCUT2D eigenvalue weighted by atomic mass is 16.4. The number of hydrogen-bond donors (Lipinski definition) is 3. The quantitative estimate of drug-likeness (QED) is 0.513. The predicted molar refractivity (Wildman–Crippen MR) is 50.7 cm³/mol. The lowest BCUT2D eigenvalue weighted by molar-refractivity contribution is -0.144. The molecule has 4 heteroatoms. The van der Waals surface area contributed by atoms with E-state index in [0.29, 0.717) is 19.4 Å². The third-order valence-electron chi connectivity index (χ3n) is 2.28. The van der Waals surface area contributed by atoms with Crippen molar-refractivity contribution in [3.63, 3.8) is 0 Å². The van der Waals surface area contributed by atoms with E-state index >= 15 is 0 Å². The van der Waals surface area contributed by atoms with Gasteiger partial charge in [-0.05, 0) is 32.7 Å². The summed E-state index contributed by atoms with van der Waals surface area (Å²) >= 11 is 0. The summed E-state index contributed by atoms with van der Waals surface area (Å²) in [7, 11) is 0. The van der Waals surface area contributed by atoms with Crippen molar-refractivity contribution in [2.75, 3.05) is 13.2 Å². The van der Waals surface area contributed by atoms with Gasteiger partial charge in [-0.15, -0.1) is 0 Å². The minimum absolute atomic E-state index is 0.164. The van der Waals surface area contributed by atoms with Crippen molar-refractivity contribution in [3.05, 3.63) is 0 Å². The first-order chi connectivity index (χ1) is 6.06. The van der Waals surface area contributed by atoms with E-state index in [2.05, 4.69) is 5.32 Å². The summed E-state index contributed by atoms with van der Waals surface area (Å²) in [4.78, 5) is 10.8. The molecule has 0 aliphatic heterocycles. The summed E-state index contributed by atoms with van der Waals surface area (Å²) in [5.74, 6) is -0.820. The molecule has 0 heterocycles. The van der Waals surface area contributed by atoms with Crippen molar-refractivity contribution in [1.29, 1.82) is 0 Å². The largest absolute Gasteiger partial charge is 0.480 e.